The Bertz CT molecular complexity index is 1150. The summed E-state index contributed by atoms with van der Waals surface area (Å²) in [5, 5.41) is 10.1. The number of imidazole rings is 1. The summed E-state index contributed by atoms with van der Waals surface area (Å²) in [7, 11) is 0. The van der Waals surface area contributed by atoms with Gasteiger partial charge in [-0.25, -0.2) is 22.9 Å². The van der Waals surface area contributed by atoms with Crippen LogP contribution in [0.3, 0.4) is 0 Å². The van der Waals surface area contributed by atoms with Gasteiger partial charge in [0.05, 0.1) is 11.7 Å². The van der Waals surface area contributed by atoms with Gasteiger partial charge in [-0.2, -0.15) is 0 Å². The fourth-order valence-electron chi connectivity index (χ4n) is 4.09. The number of carbonyl (C=O) groups is 1. The summed E-state index contributed by atoms with van der Waals surface area (Å²) >= 11 is 0. The highest BCUT2D eigenvalue weighted by Crippen LogP contribution is 2.39. The minimum absolute atomic E-state index is 0.00971. The lowest BCUT2D eigenvalue weighted by atomic mass is 9.84. The smallest absolute Gasteiger partial charge is 0.407 e. The van der Waals surface area contributed by atoms with Gasteiger partial charge in [-0.1, -0.05) is 51.1 Å². The zero-order valence-corrected chi connectivity index (χ0v) is 20.1. The summed E-state index contributed by atoms with van der Waals surface area (Å²) in [5.41, 5.74) is 6.17. The van der Waals surface area contributed by atoms with E-state index in [2.05, 4.69) is 4.98 Å². The molecule has 0 aliphatic heterocycles. The molecule has 1 aromatic heterocycles. The topological polar surface area (TPSA) is 84.4 Å². The second kappa shape index (κ2) is 10.9. The minimum atomic E-state index is -1.20. The van der Waals surface area contributed by atoms with Gasteiger partial charge in [0.2, 0.25) is 0 Å². The van der Waals surface area contributed by atoms with Crippen molar-refractivity contribution in [2.75, 3.05) is 13.2 Å². The lowest BCUT2D eigenvalue weighted by Gasteiger charge is -2.38. The van der Waals surface area contributed by atoms with Crippen molar-refractivity contribution in [3.8, 4) is 11.3 Å². The molecule has 0 aliphatic carbocycles. The van der Waals surface area contributed by atoms with Gasteiger partial charge in [0, 0.05) is 30.9 Å². The van der Waals surface area contributed by atoms with Crippen molar-refractivity contribution in [1.82, 2.24) is 14.5 Å². The molecule has 0 saturated carbocycles. The quantitative estimate of drug-likeness (QED) is 0.409. The summed E-state index contributed by atoms with van der Waals surface area (Å²) in [5.74, 6) is -0.879. The molecular formula is C26H31F3N4O2. The molecule has 0 aliphatic rings. The second-order valence-corrected chi connectivity index (χ2v) is 9.67. The standard InChI is InChI=1S/C26H31F3N4O2/c1-26(2,3)23(33(25(34)35)12-11-19(30)14-27)24-31-22(20-13-18(28)9-10-21(20)29)16-32(24)15-17-7-5-4-6-8-17/h4-10,13,16,19,23H,11-12,14-15,30H2,1-3H3,(H,34,35)/t19-,23-/m0/s1. The van der Waals surface area contributed by atoms with Crippen molar-refractivity contribution in [2.45, 2.75) is 45.8 Å². The summed E-state index contributed by atoms with van der Waals surface area (Å²) in [6.45, 7) is 5.17. The van der Waals surface area contributed by atoms with E-state index in [4.69, 9.17) is 5.73 Å². The van der Waals surface area contributed by atoms with E-state index in [-0.39, 0.29) is 24.2 Å². The van der Waals surface area contributed by atoms with Gasteiger partial charge in [0.25, 0.3) is 0 Å². The number of hydrogen-bond acceptors (Lipinski definition) is 3. The highest BCUT2D eigenvalue weighted by molar-refractivity contribution is 5.66. The predicted molar refractivity (Wildman–Crippen MR) is 129 cm³/mol. The first kappa shape index (κ1) is 26.3. The molecule has 3 aromatic rings. The SMILES string of the molecule is CC(C)(C)[C@H](c1nc(-c2cc(F)ccc2F)cn1Cc1ccccc1)N(CC[C@H](N)CF)C(=O)O. The lowest BCUT2D eigenvalue weighted by molar-refractivity contribution is 0.0733. The van der Waals surface area contributed by atoms with Crippen LogP contribution in [0.4, 0.5) is 18.0 Å². The lowest BCUT2D eigenvalue weighted by Crippen LogP contribution is -2.44. The molecule has 0 radical (unpaired) electrons. The number of aromatic nitrogens is 2. The summed E-state index contributed by atoms with van der Waals surface area (Å²) < 4.78 is 43.3. The maximum atomic E-state index is 14.6. The molecule has 2 aromatic carbocycles. The van der Waals surface area contributed by atoms with Gasteiger partial charge in [0.1, 0.15) is 24.1 Å². The first-order valence-electron chi connectivity index (χ1n) is 11.4. The molecule has 2 atom stereocenters. The maximum Gasteiger partial charge on any atom is 0.407 e. The molecule has 6 nitrogen and oxygen atoms in total. The minimum Gasteiger partial charge on any atom is -0.465 e. The van der Waals surface area contributed by atoms with Crippen molar-refractivity contribution < 1.29 is 23.1 Å². The Hall–Kier alpha value is -3.33. The average Bonchev–Trinajstić information content (AvgIpc) is 3.20. The summed E-state index contributed by atoms with van der Waals surface area (Å²) in [4.78, 5) is 18.2. The molecule has 0 fully saturated rings. The van der Waals surface area contributed by atoms with Crippen molar-refractivity contribution in [3.63, 3.8) is 0 Å². The van der Waals surface area contributed by atoms with Gasteiger partial charge in [-0.3, -0.25) is 4.90 Å². The molecule has 3 rings (SSSR count). The van der Waals surface area contributed by atoms with E-state index < -0.39 is 41.9 Å². The van der Waals surface area contributed by atoms with Crippen LogP contribution < -0.4 is 5.73 Å². The van der Waals surface area contributed by atoms with Crippen LogP contribution in [0.2, 0.25) is 0 Å². The Morgan fingerprint density at radius 1 is 1.17 bits per heavy atom. The largest absolute Gasteiger partial charge is 0.465 e. The van der Waals surface area contributed by atoms with Crippen LogP contribution in [0.15, 0.2) is 54.7 Å². The van der Waals surface area contributed by atoms with E-state index in [1.165, 1.54) is 4.90 Å². The van der Waals surface area contributed by atoms with Crippen LogP contribution >= 0.6 is 0 Å². The van der Waals surface area contributed by atoms with Crippen LogP contribution in [0, 0.1) is 17.0 Å². The van der Waals surface area contributed by atoms with Gasteiger partial charge >= 0.3 is 6.09 Å². The van der Waals surface area contributed by atoms with Crippen molar-refractivity contribution in [2.24, 2.45) is 11.1 Å². The van der Waals surface area contributed by atoms with Crippen LogP contribution in [-0.4, -0.2) is 44.9 Å². The number of benzene rings is 2. The van der Waals surface area contributed by atoms with Crippen molar-refractivity contribution >= 4 is 6.09 Å². The maximum absolute atomic E-state index is 14.6. The number of nitrogens with zero attached hydrogens (tertiary/aromatic N) is 3. The Labute approximate surface area is 203 Å². The number of rotatable bonds is 9. The highest BCUT2D eigenvalue weighted by Gasteiger charge is 2.38. The molecule has 0 unspecified atom stereocenters. The molecule has 1 amide bonds. The molecule has 35 heavy (non-hydrogen) atoms. The molecule has 0 bridgehead atoms. The molecule has 0 saturated heterocycles. The van der Waals surface area contributed by atoms with Gasteiger partial charge < -0.3 is 15.4 Å². The Morgan fingerprint density at radius 2 is 1.86 bits per heavy atom. The van der Waals surface area contributed by atoms with Crippen molar-refractivity contribution in [1.29, 1.82) is 0 Å². The first-order valence-corrected chi connectivity index (χ1v) is 11.4. The third kappa shape index (κ3) is 6.42. The molecule has 3 N–H and O–H groups in total. The number of nitrogens with two attached hydrogens (primary N) is 1. The summed E-state index contributed by atoms with van der Waals surface area (Å²) in [6.07, 6.45) is 0.524. The molecular weight excluding hydrogens is 457 g/mol. The van der Waals surface area contributed by atoms with E-state index >= 15 is 0 Å². The number of amides is 1. The number of hydrogen-bond donors (Lipinski definition) is 2. The van der Waals surface area contributed by atoms with E-state index in [0.717, 1.165) is 23.8 Å². The highest BCUT2D eigenvalue weighted by atomic mass is 19.1. The number of halogens is 3. The van der Waals surface area contributed by atoms with E-state index in [0.29, 0.717) is 12.4 Å². The van der Waals surface area contributed by atoms with E-state index in [1.54, 1.807) is 10.8 Å². The summed E-state index contributed by atoms with van der Waals surface area (Å²) in [6, 6.07) is 11.0. The van der Waals surface area contributed by atoms with Crippen LogP contribution in [-0.2, 0) is 6.54 Å². The zero-order chi connectivity index (χ0) is 25.8. The van der Waals surface area contributed by atoms with Gasteiger partial charge in [-0.05, 0) is 35.6 Å². The monoisotopic (exact) mass is 488 g/mol. The third-order valence-corrected chi connectivity index (χ3v) is 5.77. The third-order valence-electron chi connectivity index (χ3n) is 5.77. The average molecular weight is 489 g/mol. The fourth-order valence-corrected chi connectivity index (χ4v) is 4.09. The zero-order valence-electron chi connectivity index (χ0n) is 20.1. The Balaban J connectivity index is 2.17. The number of alkyl halides is 1. The molecule has 188 valence electrons. The molecule has 0 spiro atoms. The van der Waals surface area contributed by atoms with Crippen molar-refractivity contribution in [3.05, 3.63) is 77.8 Å². The van der Waals surface area contributed by atoms with Crippen LogP contribution in [0.5, 0.6) is 0 Å². The van der Waals surface area contributed by atoms with E-state index in [9.17, 15) is 23.1 Å². The Morgan fingerprint density at radius 3 is 2.46 bits per heavy atom. The first-order chi connectivity index (χ1) is 16.5. The predicted octanol–water partition coefficient (Wildman–Crippen LogP) is 5.63. The second-order valence-electron chi connectivity index (χ2n) is 9.67. The molecule has 9 heteroatoms. The number of carboxylic acid groups (broad SMARTS) is 1. The van der Waals surface area contributed by atoms with Gasteiger partial charge in [-0.15, -0.1) is 0 Å². The van der Waals surface area contributed by atoms with E-state index in [1.807, 2.05) is 51.1 Å². The molecule has 1 heterocycles. The van der Waals surface area contributed by atoms with Crippen LogP contribution in [0.1, 0.15) is 44.6 Å². The Kier molecular flexibility index (Phi) is 8.22. The normalized spacial score (nSPS) is 13.5. The van der Waals surface area contributed by atoms with Crippen LogP contribution in [0.25, 0.3) is 11.3 Å². The fraction of sp³-hybridized carbons (Fsp3) is 0.385. The van der Waals surface area contributed by atoms with Gasteiger partial charge in [0.15, 0.2) is 0 Å².